The lowest BCUT2D eigenvalue weighted by atomic mass is 9.79. The summed E-state index contributed by atoms with van der Waals surface area (Å²) in [5, 5.41) is 24.7. The number of sulfone groups is 1. The van der Waals surface area contributed by atoms with Gasteiger partial charge in [0, 0.05) is 23.7 Å². The summed E-state index contributed by atoms with van der Waals surface area (Å²) < 4.78 is 34.9. The maximum atomic E-state index is 14.4. The van der Waals surface area contributed by atoms with Crippen LogP contribution in [0, 0.1) is 5.41 Å². The number of hydrogen-bond donors (Lipinski definition) is 5. The van der Waals surface area contributed by atoms with Crippen LogP contribution in [0.2, 0.25) is 0 Å². The van der Waals surface area contributed by atoms with Gasteiger partial charge < -0.3 is 36.2 Å². The number of phenolic OH excluding ortho intramolecular Hbond substituents is 1. The number of nitrogens with zero attached hydrogens (tertiary/aromatic N) is 1. The first-order valence-electron chi connectivity index (χ1n) is 18.6. The third-order valence-electron chi connectivity index (χ3n) is 9.76. The number of anilines is 2. The van der Waals surface area contributed by atoms with Gasteiger partial charge in [-0.1, -0.05) is 69.9 Å². The number of aromatic hydroxyl groups is 1. The molecule has 0 saturated carbocycles. The molecule has 1 unspecified atom stereocenters. The second-order valence-electron chi connectivity index (χ2n) is 13.9. The monoisotopic (exact) mass is 782 g/mol. The Morgan fingerprint density at radius 3 is 2.22 bits per heavy atom. The summed E-state index contributed by atoms with van der Waals surface area (Å²) >= 11 is 1.36. The van der Waals surface area contributed by atoms with Crippen molar-refractivity contribution in [3.63, 3.8) is 0 Å². The number of para-hydroxylation sites is 1. The molecule has 1 aliphatic rings. The average Bonchev–Trinajstić information content (AvgIpc) is 3.25. The van der Waals surface area contributed by atoms with Crippen LogP contribution in [0.5, 0.6) is 11.5 Å². The van der Waals surface area contributed by atoms with E-state index in [1.54, 1.807) is 0 Å². The number of unbranched alkanes of at least 4 members (excludes halogenated alkanes) is 3. The van der Waals surface area contributed by atoms with Gasteiger partial charge >= 0.3 is 5.97 Å². The van der Waals surface area contributed by atoms with Gasteiger partial charge in [0.25, 0.3) is 5.91 Å². The van der Waals surface area contributed by atoms with Crippen LogP contribution in [0.1, 0.15) is 83.2 Å². The molecule has 3 aromatic carbocycles. The van der Waals surface area contributed by atoms with Gasteiger partial charge in [-0.25, -0.2) is 13.2 Å². The van der Waals surface area contributed by atoms with Gasteiger partial charge in [-0.3, -0.25) is 9.59 Å². The molecule has 0 fully saturated rings. The maximum absolute atomic E-state index is 14.4. The number of ether oxygens (including phenoxy) is 1. The number of nitrogens with one attached hydrogen (secondary N) is 2. The summed E-state index contributed by atoms with van der Waals surface area (Å²) in [6.45, 7) is 4.58. The summed E-state index contributed by atoms with van der Waals surface area (Å²) in [6, 6.07) is 16.2. The lowest BCUT2D eigenvalue weighted by Crippen LogP contribution is -2.48. The number of carboxylic acids is 1. The van der Waals surface area contributed by atoms with E-state index >= 15 is 0 Å². The highest BCUT2D eigenvalue weighted by Gasteiger charge is 2.42. The number of benzene rings is 3. The molecule has 2 atom stereocenters. The Bertz CT molecular complexity index is 1820. The van der Waals surface area contributed by atoms with E-state index in [1.807, 2.05) is 42.7 Å². The van der Waals surface area contributed by atoms with E-state index in [0.29, 0.717) is 42.1 Å². The third kappa shape index (κ3) is 11.1. The van der Waals surface area contributed by atoms with Crippen molar-refractivity contribution in [2.24, 2.45) is 11.1 Å². The smallest absolute Gasteiger partial charge is 0.326 e. The number of hydrogen-bond acceptors (Lipinski definition) is 10. The normalized spacial score (nSPS) is 15.7. The van der Waals surface area contributed by atoms with Crippen LogP contribution >= 0.6 is 11.8 Å². The van der Waals surface area contributed by atoms with Crippen molar-refractivity contribution in [1.82, 2.24) is 10.6 Å². The Kier molecular flexibility index (Phi) is 15.6. The SMILES string of the molecule is CCCCC1(CCCC)CN(c2ccccc2)c2cc(SC)c(OCC(=O)N[C@@H](C(=O)NC(CCCCN)C(=O)O)c3ccc(O)cc3)cc2S(=O)(=O)C1. The van der Waals surface area contributed by atoms with Crippen molar-refractivity contribution >= 4 is 50.8 Å². The molecule has 0 aromatic heterocycles. The third-order valence-corrected chi connectivity index (χ3v) is 12.5. The first-order valence-corrected chi connectivity index (χ1v) is 21.5. The van der Waals surface area contributed by atoms with E-state index in [1.165, 1.54) is 42.1 Å². The number of fused-ring (bicyclic) bond motifs is 1. The number of phenols is 1. The van der Waals surface area contributed by atoms with E-state index in [0.717, 1.165) is 44.2 Å². The van der Waals surface area contributed by atoms with Crippen LogP contribution in [0.4, 0.5) is 11.4 Å². The molecule has 0 radical (unpaired) electrons. The summed E-state index contributed by atoms with van der Waals surface area (Å²) in [7, 11) is -3.83. The van der Waals surface area contributed by atoms with Crippen molar-refractivity contribution in [3.8, 4) is 11.5 Å². The molecule has 6 N–H and O–H groups in total. The van der Waals surface area contributed by atoms with E-state index in [9.17, 15) is 33.0 Å². The van der Waals surface area contributed by atoms with Crippen LogP contribution in [0.3, 0.4) is 0 Å². The van der Waals surface area contributed by atoms with Crippen molar-refractivity contribution in [2.45, 2.75) is 93.5 Å². The van der Waals surface area contributed by atoms with Crippen molar-refractivity contribution in [2.75, 3.05) is 36.6 Å². The Labute approximate surface area is 323 Å². The van der Waals surface area contributed by atoms with Gasteiger partial charge in [-0.2, -0.15) is 0 Å². The number of amides is 2. The fraction of sp³-hybridized carbons (Fsp3) is 0.475. The zero-order valence-corrected chi connectivity index (χ0v) is 33.0. The van der Waals surface area contributed by atoms with E-state index in [2.05, 4.69) is 29.4 Å². The standard InChI is InChI=1S/C40H54N4O8S2/c1-4-6-20-40(21-7-5-2)26-44(29-13-9-8-10-14-29)32-23-34(53-3)33(24-35(32)54(50,51)27-40)52-25-36(46)43-37(28-16-18-30(45)19-17-28)38(47)42-31(39(48)49)15-11-12-22-41/h8-10,13-14,16-19,23-24,31,37,45H,4-7,11-12,15,20-22,25-27,41H2,1-3H3,(H,42,47)(H,43,46)(H,48,49)/t31?,37-/m1/s1. The molecule has 0 saturated heterocycles. The molecule has 4 rings (SSSR count). The predicted molar refractivity (Wildman–Crippen MR) is 212 cm³/mol. The number of carbonyl (C=O) groups is 3. The van der Waals surface area contributed by atoms with Crippen LogP contribution in [0.25, 0.3) is 0 Å². The van der Waals surface area contributed by atoms with Crippen LogP contribution < -0.4 is 26.0 Å². The molecule has 54 heavy (non-hydrogen) atoms. The van der Waals surface area contributed by atoms with Gasteiger partial charge in [0.05, 0.1) is 21.2 Å². The van der Waals surface area contributed by atoms with Gasteiger partial charge in [0.2, 0.25) is 5.91 Å². The summed E-state index contributed by atoms with van der Waals surface area (Å²) in [4.78, 5) is 41.8. The molecule has 12 nitrogen and oxygen atoms in total. The summed E-state index contributed by atoms with van der Waals surface area (Å²) in [5.41, 5.74) is 6.82. The number of rotatable bonds is 20. The fourth-order valence-electron chi connectivity index (χ4n) is 6.90. The fourth-order valence-corrected chi connectivity index (χ4v) is 9.56. The van der Waals surface area contributed by atoms with E-state index in [-0.39, 0.29) is 28.6 Å². The molecule has 0 aliphatic carbocycles. The van der Waals surface area contributed by atoms with Crippen LogP contribution in [0.15, 0.2) is 76.5 Å². The first kappa shape index (κ1) is 42.5. The molecule has 0 bridgehead atoms. The molecule has 1 aliphatic heterocycles. The average molecular weight is 783 g/mol. The lowest BCUT2D eigenvalue weighted by Gasteiger charge is -2.37. The molecule has 3 aromatic rings. The minimum absolute atomic E-state index is 0.0120. The summed E-state index contributed by atoms with van der Waals surface area (Å²) in [5.74, 6) is -2.54. The highest BCUT2D eigenvalue weighted by atomic mass is 32.2. The van der Waals surface area contributed by atoms with Crippen molar-refractivity contribution in [1.29, 1.82) is 0 Å². The lowest BCUT2D eigenvalue weighted by molar-refractivity contribution is -0.142. The molecule has 294 valence electrons. The van der Waals surface area contributed by atoms with Crippen LogP contribution in [-0.2, 0) is 24.2 Å². The Balaban J connectivity index is 1.66. The largest absolute Gasteiger partial charge is 0.508 e. The first-order chi connectivity index (χ1) is 25.9. The second kappa shape index (κ2) is 19.9. The predicted octanol–water partition coefficient (Wildman–Crippen LogP) is 6.34. The number of carbonyl (C=O) groups excluding carboxylic acids is 2. The highest BCUT2D eigenvalue weighted by Crippen LogP contribution is 2.47. The summed E-state index contributed by atoms with van der Waals surface area (Å²) in [6.07, 6.45) is 8.32. The number of aliphatic carboxylic acids is 1. The molecule has 0 spiro atoms. The number of nitrogens with two attached hydrogens (primary N) is 1. The molecular formula is C40H54N4O8S2. The second-order valence-corrected chi connectivity index (χ2v) is 16.7. The topological polar surface area (TPSA) is 188 Å². The minimum Gasteiger partial charge on any atom is -0.508 e. The molecule has 2 amide bonds. The molecule has 1 heterocycles. The van der Waals surface area contributed by atoms with E-state index < -0.39 is 51.7 Å². The van der Waals surface area contributed by atoms with Gasteiger partial charge in [0.15, 0.2) is 16.4 Å². The van der Waals surface area contributed by atoms with Gasteiger partial charge in [0.1, 0.15) is 23.6 Å². The van der Waals surface area contributed by atoms with Crippen molar-refractivity contribution < 1.29 is 37.8 Å². The maximum Gasteiger partial charge on any atom is 0.326 e. The van der Waals surface area contributed by atoms with Gasteiger partial charge in [-0.05, 0) is 80.8 Å². The number of carboxylic acid groups (broad SMARTS) is 1. The Hall–Kier alpha value is -4.27. The quantitative estimate of drug-likeness (QED) is 0.0636. The molecular weight excluding hydrogens is 729 g/mol. The Morgan fingerprint density at radius 1 is 0.963 bits per heavy atom. The Morgan fingerprint density at radius 2 is 1.63 bits per heavy atom. The van der Waals surface area contributed by atoms with E-state index in [4.69, 9.17) is 10.5 Å². The minimum atomic E-state index is -3.83. The van der Waals surface area contributed by atoms with Crippen molar-refractivity contribution in [3.05, 3.63) is 72.3 Å². The zero-order valence-electron chi connectivity index (χ0n) is 31.4. The zero-order chi connectivity index (χ0) is 39.3. The molecule has 14 heteroatoms. The number of thioether (sulfide) groups is 1. The van der Waals surface area contributed by atoms with Crippen LogP contribution in [-0.4, -0.2) is 74.2 Å². The highest BCUT2D eigenvalue weighted by molar-refractivity contribution is 7.98. The van der Waals surface area contributed by atoms with Gasteiger partial charge in [-0.15, -0.1) is 11.8 Å².